The highest BCUT2D eigenvalue weighted by Gasteiger charge is 2.25. The first-order chi connectivity index (χ1) is 8.70. The first-order valence-electron chi connectivity index (χ1n) is 6.52. The largest absolute Gasteiger partial charge is 0.377 e. The average molecular weight is 246 g/mol. The molecule has 0 aromatic carbocycles. The molecule has 0 spiro atoms. The molecule has 1 aliphatic heterocycles. The summed E-state index contributed by atoms with van der Waals surface area (Å²) in [7, 11) is 0. The molecule has 1 fully saturated rings. The number of hydrogen-bond acceptors (Lipinski definition) is 4. The van der Waals surface area contributed by atoms with Crippen molar-refractivity contribution in [3.63, 3.8) is 0 Å². The second kappa shape index (κ2) is 4.31. The van der Waals surface area contributed by atoms with Crippen LogP contribution < -0.4 is 0 Å². The van der Waals surface area contributed by atoms with Crippen LogP contribution in [0.4, 0.5) is 0 Å². The van der Waals surface area contributed by atoms with E-state index in [9.17, 15) is 0 Å². The maximum Gasteiger partial charge on any atom is 0.177 e. The molecule has 96 valence electrons. The summed E-state index contributed by atoms with van der Waals surface area (Å²) >= 11 is 0. The summed E-state index contributed by atoms with van der Waals surface area (Å²) in [4.78, 5) is 9.28. The van der Waals surface area contributed by atoms with Gasteiger partial charge in [-0.25, -0.2) is 14.6 Å². The molecular weight excluding hydrogens is 228 g/mol. The van der Waals surface area contributed by atoms with Gasteiger partial charge < -0.3 is 4.74 Å². The average Bonchev–Trinajstić information content (AvgIpc) is 2.65. The molecule has 5 heteroatoms. The van der Waals surface area contributed by atoms with Crippen molar-refractivity contribution in [1.29, 1.82) is 0 Å². The van der Waals surface area contributed by atoms with Gasteiger partial charge in [0.1, 0.15) is 11.6 Å². The van der Waals surface area contributed by atoms with Crippen LogP contribution in [-0.2, 0) is 11.2 Å². The standard InChI is InChI=1S/C13H18N4O/c1-4-10-12-13(15-11(5-14-12)8(2)3)17(16-10)9-6-18-7-9/h5,8-9H,4,6-7H2,1-3H3. The van der Waals surface area contributed by atoms with Crippen molar-refractivity contribution in [2.75, 3.05) is 13.2 Å². The van der Waals surface area contributed by atoms with Crippen molar-refractivity contribution in [3.05, 3.63) is 17.6 Å². The second-order valence-electron chi connectivity index (χ2n) is 5.06. The predicted molar refractivity (Wildman–Crippen MR) is 68.6 cm³/mol. The number of nitrogens with zero attached hydrogens (tertiary/aromatic N) is 4. The van der Waals surface area contributed by atoms with Gasteiger partial charge in [-0.2, -0.15) is 5.10 Å². The van der Waals surface area contributed by atoms with Crippen LogP contribution in [0.5, 0.6) is 0 Å². The Morgan fingerprint density at radius 3 is 2.78 bits per heavy atom. The molecule has 0 amide bonds. The van der Waals surface area contributed by atoms with E-state index in [1.54, 1.807) is 0 Å². The zero-order valence-electron chi connectivity index (χ0n) is 11.1. The summed E-state index contributed by atoms with van der Waals surface area (Å²) in [5, 5.41) is 4.64. The molecule has 2 aromatic heterocycles. The first kappa shape index (κ1) is 11.6. The van der Waals surface area contributed by atoms with Gasteiger partial charge in [-0.1, -0.05) is 20.8 Å². The van der Waals surface area contributed by atoms with Crippen LogP contribution >= 0.6 is 0 Å². The molecule has 0 radical (unpaired) electrons. The SMILES string of the molecule is CCc1nn(C2COC2)c2nc(C(C)C)cnc12. The summed E-state index contributed by atoms with van der Waals surface area (Å²) in [6.07, 6.45) is 2.75. The van der Waals surface area contributed by atoms with Crippen molar-refractivity contribution in [2.24, 2.45) is 0 Å². The van der Waals surface area contributed by atoms with E-state index in [1.165, 1.54) is 0 Å². The monoisotopic (exact) mass is 246 g/mol. The van der Waals surface area contributed by atoms with Gasteiger partial charge in [-0.15, -0.1) is 0 Å². The van der Waals surface area contributed by atoms with Crippen LogP contribution in [0, 0.1) is 0 Å². The van der Waals surface area contributed by atoms with Gasteiger partial charge in [0, 0.05) is 6.20 Å². The Balaban J connectivity index is 2.17. The van der Waals surface area contributed by atoms with E-state index in [4.69, 9.17) is 9.72 Å². The lowest BCUT2D eigenvalue weighted by Crippen LogP contribution is -2.31. The Morgan fingerprint density at radius 1 is 1.44 bits per heavy atom. The molecular formula is C13H18N4O. The lowest BCUT2D eigenvalue weighted by molar-refractivity contribution is -0.0270. The molecule has 18 heavy (non-hydrogen) atoms. The van der Waals surface area contributed by atoms with Crippen LogP contribution in [0.25, 0.3) is 11.2 Å². The topological polar surface area (TPSA) is 52.8 Å². The van der Waals surface area contributed by atoms with Crippen molar-refractivity contribution < 1.29 is 4.74 Å². The number of aromatic nitrogens is 4. The van der Waals surface area contributed by atoms with Gasteiger partial charge in [-0.05, 0) is 12.3 Å². The Morgan fingerprint density at radius 2 is 2.22 bits per heavy atom. The maximum absolute atomic E-state index is 5.25. The Bertz CT molecular complexity index is 572. The van der Waals surface area contributed by atoms with Gasteiger partial charge >= 0.3 is 0 Å². The highest BCUT2D eigenvalue weighted by molar-refractivity contribution is 5.73. The summed E-state index contributed by atoms with van der Waals surface area (Å²) in [5.74, 6) is 0.382. The van der Waals surface area contributed by atoms with Crippen LogP contribution in [0.15, 0.2) is 6.20 Å². The fraction of sp³-hybridized carbons (Fsp3) is 0.615. The predicted octanol–water partition coefficient (Wildman–Crippen LogP) is 2.08. The van der Waals surface area contributed by atoms with E-state index in [2.05, 4.69) is 30.9 Å². The molecule has 2 aromatic rings. The Kier molecular flexibility index (Phi) is 2.78. The van der Waals surface area contributed by atoms with Gasteiger partial charge in [0.05, 0.1) is 24.6 Å². The normalized spacial score (nSPS) is 16.4. The van der Waals surface area contributed by atoms with Gasteiger partial charge in [0.25, 0.3) is 0 Å². The molecule has 0 N–H and O–H groups in total. The molecule has 3 heterocycles. The molecule has 5 nitrogen and oxygen atoms in total. The minimum atomic E-state index is 0.324. The summed E-state index contributed by atoms with van der Waals surface area (Å²) < 4.78 is 7.25. The van der Waals surface area contributed by atoms with Crippen molar-refractivity contribution in [1.82, 2.24) is 19.7 Å². The third kappa shape index (κ3) is 1.70. The molecule has 0 unspecified atom stereocenters. The van der Waals surface area contributed by atoms with E-state index < -0.39 is 0 Å². The summed E-state index contributed by atoms with van der Waals surface area (Å²) in [5.41, 5.74) is 3.89. The summed E-state index contributed by atoms with van der Waals surface area (Å²) in [6.45, 7) is 7.82. The molecule has 1 saturated heterocycles. The molecule has 0 aliphatic carbocycles. The zero-order chi connectivity index (χ0) is 12.7. The number of fused-ring (bicyclic) bond motifs is 1. The van der Waals surface area contributed by atoms with Crippen LogP contribution in [-0.4, -0.2) is 33.0 Å². The van der Waals surface area contributed by atoms with Gasteiger partial charge in [0.15, 0.2) is 5.65 Å². The van der Waals surface area contributed by atoms with Crippen molar-refractivity contribution >= 4 is 11.2 Å². The quantitative estimate of drug-likeness (QED) is 0.832. The number of aryl methyl sites for hydroxylation is 1. The second-order valence-corrected chi connectivity index (χ2v) is 5.06. The van der Waals surface area contributed by atoms with E-state index >= 15 is 0 Å². The Labute approximate surface area is 106 Å². The molecule has 3 rings (SSSR count). The number of hydrogen-bond donors (Lipinski definition) is 0. The van der Waals surface area contributed by atoms with Crippen LogP contribution in [0.1, 0.15) is 44.1 Å². The number of ether oxygens (including phenoxy) is 1. The fourth-order valence-corrected chi connectivity index (χ4v) is 2.12. The zero-order valence-corrected chi connectivity index (χ0v) is 11.1. The van der Waals surface area contributed by atoms with E-state index in [-0.39, 0.29) is 0 Å². The van der Waals surface area contributed by atoms with E-state index in [1.807, 2.05) is 10.9 Å². The third-order valence-electron chi connectivity index (χ3n) is 3.38. The fourth-order valence-electron chi connectivity index (χ4n) is 2.12. The summed E-state index contributed by atoms with van der Waals surface area (Å²) in [6, 6.07) is 0.324. The molecule has 1 aliphatic rings. The van der Waals surface area contributed by atoms with Gasteiger partial charge in [-0.3, -0.25) is 0 Å². The lowest BCUT2D eigenvalue weighted by Gasteiger charge is -2.26. The minimum absolute atomic E-state index is 0.324. The molecule has 0 saturated carbocycles. The smallest absolute Gasteiger partial charge is 0.177 e. The maximum atomic E-state index is 5.25. The highest BCUT2D eigenvalue weighted by Crippen LogP contribution is 2.24. The Hall–Kier alpha value is -1.49. The number of rotatable bonds is 3. The van der Waals surface area contributed by atoms with Crippen molar-refractivity contribution in [3.8, 4) is 0 Å². The highest BCUT2D eigenvalue weighted by atomic mass is 16.5. The minimum Gasteiger partial charge on any atom is -0.377 e. The van der Waals surface area contributed by atoms with E-state index in [0.29, 0.717) is 12.0 Å². The lowest BCUT2D eigenvalue weighted by atomic mass is 10.1. The first-order valence-corrected chi connectivity index (χ1v) is 6.52. The van der Waals surface area contributed by atoms with E-state index in [0.717, 1.165) is 42.2 Å². The third-order valence-corrected chi connectivity index (χ3v) is 3.38. The van der Waals surface area contributed by atoms with Crippen LogP contribution in [0.3, 0.4) is 0 Å². The van der Waals surface area contributed by atoms with Crippen molar-refractivity contribution in [2.45, 2.75) is 39.2 Å². The molecule has 0 bridgehead atoms. The van der Waals surface area contributed by atoms with Crippen LogP contribution in [0.2, 0.25) is 0 Å². The van der Waals surface area contributed by atoms with Gasteiger partial charge in [0.2, 0.25) is 0 Å². The molecule has 0 atom stereocenters.